The van der Waals surface area contributed by atoms with Crippen molar-refractivity contribution in [1.82, 2.24) is 9.88 Å². The fraction of sp³-hybridized carbons (Fsp3) is 0.304. The van der Waals surface area contributed by atoms with E-state index in [0.717, 1.165) is 46.9 Å². The summed E-state index contributed by atoms with van der Waals surface area (Å²) >= 11 is 1.88. The second kappa shape index (κ2) is 8.33. The Morgan fingerprint density at radius 1 is 1.10 bits per heavy atom. The van der Waals surface area contributed by atoms with Crippen LogP contribution in [-0.4, -0.2) is 47.5 Å². The van der Waals surface area contributed by atoms with Gasteiger partial charge in [0.1, 0.15) is 17.0 Å². The van der Waals surface area contributed by atoms with Crippen molar-refractivity contribution in [3.63, 3.8) is 0 Å². The molecule has 1 aliphatic rings. The molecule has 0 spiro atoms. The molecule has 0 radical (unpaired) electrons. The lowest BCUT2D eigenvalue weighted by atomic mass is 10.1. The van der Waals surface area contributed by atoms with Crippen LogP contribution < -0.4 is 10.1 Å². The van der Waals surface area contributed by atoms with Crippen LogP contribution in [-0.2, 0) is 0 Å². The Bertz CT molecular complexity index is 1060. The highest BCUT2D eigenvalue weighted by molar-refractivity contribution is 7.99. The zero-order valence-corrected chi connectivity index (χ0v) is 17.8. The molecule has 3 aromatic rings. The summed E-state index contributed by atoms with van der Waals surface area (Å²) < 4.78 is 5.54. The first-order valence-corrected chi connectivity index (χ1v) is 10.9. The third-order valence-electron chi connectivity index (χ3n) is 5.20. The number of carbonyl (C=O) groups is 1. The van der Waals surface area contributed by atoms with Crippen LogP contribution in [0.5, 0.6) is 5.75 Å². The first-order valence-electron chi connectivity index (χ1n) is 9.76. The molecule has 2 aromatic carbocycles. The van der Waals surface area contributed by atoms with Crippen molar-refractivity contribution in [1.29, 1.82) is 0 Å². The van der Waals surface area contributed by atoms with E-state index in [-0.39, 0.29) is 5.91 Å². The van der Waals surface area contributed by atoms with Crippen LogP contribution in [0.1, 0.15) is 21.6 Å². The monoisotopic (exact) mass is 407 g/mol. The predicted octanol–water partition coefficient (Wildman–Crippen LogP) is 4.79. The molecule has 2 heterocycles. The Balaban J connectivity index is 1.83. The molecule has 4 rings (SSSR count). The second-order valence-electron chi connectivity index (χ2n) is 7.26. The maximum atomic E-state index is 13.2. The van der Waals surface area contributed by atoms with E-state index in [4.69, 9.17) is 9.72 Å². The van der Waals surface area contributed by atoms with Crippen molar-refractivity contribution in [2.24, 2.45) is 0 Å². The molecule has 0 aliphatic carbocycles. The number of benzene rings is 2. The zero-order chi connectivity index (χ0) is 20.4. The number of hydrogen-bond acceptors (Lipinski definition) is 5. The number of pyridine rings is 1. The fourth-order valence-corrected chi connectivity index (χ4v) is 4.45. The Hall–Kier alpha value is -2.73. The third-order valence-corrected chi connectivity index (χ3v) is 6.14. The fourth-order valence-electron chi connectivity index (χ4n) is 3.54. The number of rotatable bonds is 4. The van der Waals surface area contributed by atoms with Gasteiger partial charge in [0.05, 0.1) is 12.8 Å². The predicted molar refractivity (Wildman–Crippen MR) is 121 cm³/mol. The molecular formula is C23H25N3O2S. The average Bonchev–Trinajstić information content (AvgIpc) is 2.75. The number of para-hydroxylation sites is 1. The summed E-state index contributed by atoms with van der Waals surface area (Å²) in [6.45, 7) is 5.66. The van der Waals surface area contributed by atoms with E-state index in [1.54, 1.807) is 7.11 Å². The largest absolute Gasteiger partial charge is 0.494 e. The number of thioether (sulfide) groups is 1. The van der Waals surface area contributed by atoms with Crippen LogP contribution in [0.15, 0.2) is 42.5 Å². The minimum atomic E-state index is -0.0258. The SMILES string of the molecule is COc1cccc2c(Nc3cc(C)ccc3C)cc(C(=O)N3CCSCC3)nc12. The molecule has 29 heavy (non-hydrogen) atoms. The quantitative estimate of drug-likeness (QED) is 0.674. The van der Waals surface area contributed by atoms with E-state index in [9.17, 15) is 4.79 Å². The number of aromatic nitrogens is 1. The molecule has 0 unspecified atom stereocenters. The number of carbonyl (C=O) groups excluding carboxylic acids is 1. The lowest BCUT2D eigenvalue weighted by molar-refractivity contribution is 0.0767. The van der Waals surface area contributed by atoms with Crippen molar-refractivity contribution in [3.8, 4) is 5.75 Å². The van der Waals surface area contributed by atoms with Crippen molar-refractivity contribution < 1.29 is 9.53 Å². The Kier molecular flexibility index (Phi) is 5.62. The van der Waals surface area contributed by atoms with Gasteiger partial charge in [0.25, 0.3) is 5.91 Å². The van der Waals surface area contributed by atoms with Crippen molar-refractivity contribution in [2.45, 2.75) is 13.8 Å². The molecule has 1 aromatic heterocycles. The smallest absolute Gasteiger partial charge is 0.272 e. The minimum absolute atomic E-state index is 0.0258. The summed E-state index contributed by atoms with van der Waals surface area (Å²) in [6, 6.07) is 14.0. The van der Waals surface area contributed by atoms with Gasteiger partial charge in [0.2, 0.25) is 0 Å². The number of hydrogen-bond donors (Lipinski definition) is 1. The van der Waals surface area contributed by atoms with E-state index in [1.807, 2.05) is 40.9 Å². The summed E-state index contributed by atoms with van der Waals surface area (Å²) in [7, 11) is 1.63. The van der Waals surface area contributed by atoms with Crippen LogP contribution in [0.25, 0.3) is 10.9 Å². The lowest BCUT2D eigenvalue weighted by Crippen LogP contribution is -2.38. The maximum Gasteiger partial charge on any atom is 0.272 e. The van der Waals surface area contributed by atoms with E-state index >= 15 is 0 Å². The Morgan fingerprint density at radius 2 is 1.90 bits per heavy atom. The molecule has 0 saturated carbocycles. The molecule has 5 nitrogen and oxygen atoms in total. The molecule has 1 fully saturated rings. The average molecular weight is 408 g/mol. The topological polar surface area (TPSA) is 54.5 Å². The normalized spacial score (nSPS) is 14.1. The van der Waals surface area contributed by atoms with Gasteiger partial charge in [-0.05, 0) is 43.2 Å². The van der Waals surface area contributed by atoms with Crippen molar-refractivity contribution in [2.75, 3.05) is 37.0 Å². The van der Waals surface area contributed by atoms with Gasteiger partial charge >= 0.3 is 0 Å². The highest BCUT2D eigenvalue weighted by atomic mass is 32.2. The molecule has 1 amide bonds. The zero-order valence-electron chi connectivity index (χ0n) is 17.0. The lowest BCUT2D eigenvalue weighted by Gasteiger charge is -2.26. The highest BCUT2D eigenvalue weighted by Crippen LogP contribution is 2.33. The number of anilines is 2. The van der Waals surface area contributed by atoms with Gasteiger partial charge in [-0.1, -0.05) is 24.3 Å². The number of fused-ring (bicyclic) bond motifs is 1. The summed E-state index contributed by atoms with van der Waals surface area (Å²) in [6.07, 6.45) is 0. The van der Waals surface area contributed by atoms with Gasteiger partial charge in [0.15, 0.2) is 0 Å². The number of amides is 1. The molecule has 0 atom stereocenters. The van der Waals surface area contributed by atoms with Crippen LogP contribution in [0.3, 0.4) is 0 Å². The molecule has 1 saturated heterocycles. The number of nitrogens with zero attached hydrogens (tertiary/aromatic N) is 2. The van der Waals surface area contributed by atoms with E-state index in [2.05, 4.69) is 37.4 Å². The van der Waals surface area contributed by atoms with E-state index in [1.165, 1.54) is 5.56 Å². The van der Waals surface area contributed by atoms with Gasteiger partial charge < -0.3 is 15.0 Å². The molecule has 6 heteroatoms. The van der Waals surface area contributed by atoms with Crippen LogP contribution in [0, 0.1) is 13.8 Å². The van der Waals surface area contributed by atoms with Gasteiger partial charge in [-0.3, -0.25) is 4.79 Å². The molecular weight excluding hydrogens is 382 g/mol. The number of nitrogens with one attached hydrogen (secondary N) is 1. The summed E-state index contributed by atoms with van der Waals surface area (Å²) in [5.74, 6) is 2.57. The van der Waals surface area contributed by atoms with Gasteiger partial charge in [-0.2, -0.15) is 11.8 Å². The number of aryl methyl sites for hydroxylation is 2. The summed E-state index contributed by atoms with van der Waals surface area (Å²) in [5.41, 5.74) is 5.34. The molecule has 1 aliphatic heterocycles. The standard InChI is InChI=1S/C23H25N3O2S/c1-15-7-8-16(2)18(13-15)24-19-14-20(23(27)26-9-11-29-12-10-26)25-22-17(19)5-4-6-21(22)28-3/h4-8,13-14H,9-12H2,1-3H3,(H,24,25). The first-order chi connectivity index (χ1) is 14.1. The third kappa shape index (κ3) is 4.03. The highest BCUT2D eigenvalue weighted by Gasteiger charge is 2.22. The van der Waals surface area contributed by atoms with Crippen molar-refractivity contribution >= 4 is 39.9 Å². The summed E-state index contributed by atoms with van der Waals surface area (Å²) in [5, 5.41) is 4.46. The second-order valence-corrected chi connectivity index (χ2v) is 8.48. The Morgan fingerprint density at radius 3 is 2.66 bits per heavy atom. The van der Waals surface area contributed by atoms with Gasteiger partial charge in [-0.15, -0.1) is 0 Å². The van der Waals surface area contributed by atoms with Crippen LogP contribution in [0.4, 0.5) is 11.4 Å². The van der Waals surface area contributed by atoms with E-state index < -0.39 is 0 Å². The van der Waals surface area contributed by atoms with Gasteiger partial charge in [-0.25, -0.2) is 4.98 Å². The number of ether oxygens (including phenoxy) is 1. The molecule has 150 valence electrons. The van der Waals surface area contributed by atoms with Crippen LogP contribution in [0.2, 0.25) is 0 Å². The van der Waals surface area contributed by atoms with Crippen LogP contribution >= 0.6 is 11.8 Å². The minimum Gasteiger partial charge on any atom is -0.494 e. The number of methoxy groups -OCH3 is 1. The van der Waals surface area contributed by atoms with Crippen molar-refractivity contribution in [3.05, 3.63) is 59.3 Å². The molecule has 0 bridgehead atoms. The van der Waals surface area contributed by atoms with Gasteiger partial charge in [0, 0.05) is 35.7 Å². The summed E-state index contributed by atoms with van der Waals surface area (Å²) in [4.78, 5) is 19.7. The first kappa shape index (κ1) is 19.6. The maximum absolute atomic E-state index is 13.2. The Labute approximate surface area is 175 Å². The molecule has 1 N–H and O–H groups in total. The van der Waals surface area contributed by atoms with E-state index in [0.29, 0.717) is 17.0 Å².